The lowest BCUT2D eigenvalue weighted by atomic mass is 10.0. The number of carbonyl (C=O) groups is 1. The molecule has 2 rings (SSSR count). The number of anilines is 1. The maximum Gasteiger partial charge on any atom is 0.257 e. The van der Waals surface area contributed by atoms with Crippen molar-refractivity contribution in [3.8, 4) is 5.75 Å². The molecule has 0 spiro atoms. The first-order valence-corrected chi connectivity index (χ1v) is 8.85. The van der Waals surface area contributed by atoms with E-state index < -0.39 is 0 Å². The Bertz CT molecular complexity index is 709. The fourth-order valence-corrected chi connectivity index (χ4v) is 2.42. The minimum Gasteiger partial charge on any atom is -0.494 e. The van der Waals surface area contributed by atoms with Gasteiger partial charge in [0.15, 0.2) is 5.11 Å². The van der Waals surface area contributed by atoms with Gasteiger partial charge in [0, 0.05) is 11.3 Å². The number of thiocarbonyl (C=S) groups is 1. The van der Waals surface area contributed by atoms with Crippen LogP contribution < -0.4 is 15.4 Å². The SMILES string of the molecule is CCCOc1ccc(NC(=S)NC(=O)c2ccc(C(C)C)cc2)cc1. The maximum absolute atomic E-state index is 12.2. The molecular formula is C20H24N2O2S. The minimum absolute atomic E-state index is 0.226. The molecule has 1 amide bonds. The van der Waals surface area contributed by atoms with Gasteiger partial charge in [-0.25, -0.2) is 0 Å². The van der Waals surface area contributed by atoms with Gasteiger partial charge < -0.3 is 10.1 Å². The Balaban J connectivity index is 1.89. The van der Waals surface area contributed by atoms with E-state index in [2.05, 4.69) is 31.4 Å². The molecule has 4 nitrogen and oxygen atoms in total. The van der Waals surface area contributed by atoms with Crippen molar-refractivity contribution in [2.75, 3.05) is 11.9 Å². The fourth-order valence-electron chi connectivity index (χ4n) is 2.21. The highest BCUT2D eigenvalue weighted by Gasteiger charge is 2.09. The molecule has 0 aliphatic carbocycles. The predicted molar refractivity (Wildman–Crippen MR) is 106 cm³/mol. The summed E-state index contributed by atoms with van der Waals surface area (Å²) in [4.78, 5) is 12.2. The molecule has 0 heterocycles. The number of benzene rings is 2. The number of ether oxygens (including phenoxy) is 1. The molecule has 0 aliphatic heterocycles. The Morgan fingerprint density at radius 1 is 1.08 bits per heavy atom. The summed E-state index contributed by atoms with van der Waals surface area (Å²) < 4.78 is 5.53. The summed E-state index contributed by atoms with van der Waals surface area (Å²) in [6, 6.07) is 15.0. The second-order valence-electron chi connectivity index (χ2n) is 6.06. The van der Waals surface area contributed by atoms with Crippen LogP contribution in [0.3, 0.4) is 0 Å². The number of carbonyl (C=O) groups excluding carboxylic acids is 1. The Labute approximate surface area is 154 Å². The zero-order chi connectivity index (χ0) is 18.2. The average molecular weight is 356 g/mol. The summed E-state index contributed by atoms with van der Waals surface area (Å²) in [5.41, 5.74) is 2.57. The fraction of sp³-hybridized carbons (Fsp3) is 0.300. The molecule has 0 fully saturated rings. The highest BCUT2D eigenvalue weighted by Crippen LogP contribution is 2.16. The minimum atomic E-state index is -0.226. The molecule has 25 heavy (non-hydrogen) atoms. The first-order chi connectivity index (χ1) is 12.0. The standard InChI is InChI=1S/C20H24N2O2S/c1-4-13-24-18-11-9-17(10-12-18)21-20(25)22-19(23)16-7-5-15(6-8-16)14(2)3/h5-12,14H,4,13H2,1-3H3,(H2,21,22,23,25). The smallest absolute Gasteiger partial charge is 0.257 e. The maximum atomic E-state index is 12.2. The van der Waals surface area contributed by atoms with E-state index in [1.807, 2.05) is 48.5 Å². The lowest BCUT2D eigenvalue weighted by Crippen LogP contribution is -2.34. The summed E-state index contributed by atoms with van der Waals surface area (Å²) >= 11 is 5.21. The van der Waals surface area contributed by atoms with Gasteiger partial charge in [0.25, 0.3) is 5.91 Å². The summed E-state index contributed by atoms with van der Waals surface area (Å²) in [7, 11) is 0. The van der Waals surface area contributed by atoms with Crippen molar-refractivity contribution < 1.29 is 9.53 Å². The summed E-state index contributed by atoms with van der Waals surface area (Å²) in [5.74, 6) is 1.02. The third kappa shape index (κ3) is 5.87. The third-order valence-electron chi connectivity index (χ3n) is 3.65. The zero-order valence-electron chi connectivity index (χ0n) is 14.8. The van der Waals surface area contributed by atoms with Crippen molar-refractivity contribution in [2.45, 2.75) is 33.1 Å². The molecule has 0 aromatic heterocycles. The van der Waals surface area contributed by atoms with Crippen molar-refractivity contribution in [2.24, 2.45) is 0 Å². The van der Waals surface area contributed by atoms with E-state index in [0.29, 0.717) is 18.1 Å². The molecule has 2 aromatic carbocycles. The van der Waals surface area contributed by atoms with Crippen molar-refractivity contribution in [1.82, 2.24) is 5.32 Å². The lowest BCUT2D eigenvalue weighted by Gasteiger charge is -2.11. The van der Waals surface area contributed by atoms with Gasteiger partial charge in [-0.15, -0.1) is 0 Å². The predicted octanol–water partition coefficient (Wildman–Crippen LogP) is 4.73. The molecule has 2 N–H and O–H groups in total. The van der Waals surface area contributed by atoms with Crippen LogP contribution in [0, 0.1) is 0 Å². The molecule has 2 aromatic rings. The van der Waals surface area contributed by atoms with E-state index in [1.54, 1.807) is 0 Å². The number of amides is 1. The van der Waals surface area contributed by atoms with E-state index in [-0.39, 0.29) is 11.0 Å². The van der Waals surface area contributed by atoms with Crippen LogP contribution in [0.15, 0.2) is 48.5 Å². The Morgan fingerprint density at radius 2 is 1.72 bits per heavy atom. The topological polar surface area (TPSA) is 50.4 Å². The van der Waals surface area contributed by atoms with E-state index in [1.165, 1.54) is 5.56 Å². The van der Waals surface area contributed by atoms with Crippen LogP contribution in [0.5, 0.6) is 5.75 Å². The van der Waals surface area contributed by atoms with Crippen LogP contribution in [0.2, 0.25) is 0 Å². The number of hydrogen-bond acceptors (Lipinski definition) is 3. The summed E-state index contributed by atoms with van der Waals surface area (Å²) in [5, 5.41) is 5.96. The number of nitrogens with one attached hydrogen (secondary N) is 2. The van der Waals surface area contributed by atoms with Crippen molar-refractivity contribution in [3.63, 3.8) is 0 Å². The van der Waals surface area contributed by atoms with Crippen LogP contribution in [0.1, 0.15) is 49.0 Å². The second kappa shape index (κ2) is 9.18. The molecule has 0 radical (unpaired) electrons. The van der Waals surface area contributed by atoms with Gasteiger partial charge in [0.05, 0.1) is 6.61 Å². The Hall–Kier alpha value is -2.40. The molecule has 0 aliphatic rings. The van der Waals surface area contributed by atoms with Gasteiger partial charge in [-0.1, -0.05) is 32.9 Å². The van der Waals surface area contributed by atoms with E-state index in [0.717, 1.165) is 17.9 Å². The highest BCUT2D eigenvalue weighted by atomic mass is 32.1. The number of hydrogen-bond donors (Lipinski definition) is 2. The lowest BCUT2D eigenvalue weighted by molar-refractivity contribution is 0.0977. The summed E-state index contributed by atoms with van der Waals surface area (Å²) in [6.45, 7) is 6.99. The van der Waals surface area contributed by atoms with Crippen molar-refractivity contribution in [1.29, 1.82) is 0 Å². The largest absolute Gasteiger partial charge is 0.494 e. The second-order valence-corrected chi connectivity index (χ2v) is 6.47. The highest BCUT2D eigenvalue weighted by molar-refractivity contribution is 7.80. The Morgan fingerprint density at radius 3 is 2.28 bits per heavy atom. The van der Waals surface area contributed by atoms with Gasteiger partial charge in [0.2, 0.25) is 0 Å². The molecule has 0 saturated heterocycles. The van der Waals surface area contributed by atoms with E-state index >= 15 is 0 Å². The monoisotopic (exact) mass is 356 g/mol. The molecule has 0 unspecified atom stereocenters. The first-order valence-electron chi connectivity index (χ1n) is 8.44. The van der Waals surface area contributed by atoms with Crippen LogP contribution in [0.4, 0.5) is 5.69 Å². The van der Waals surface area contributed by atoms with E-state index in [9.17, 15) is 4.79 Å². The third-order valence-corrected chi connectivity index (χ3v) is 3.86. The van der Waals surface area contributed by atoms with Crippen LogP contribution in [-0.2, 0) is 0 Å². The normalized spacial score (nSPS) is 10.4. The van der Waals surface area contributed by atoms with Crippen LogP contribution in [0.25, 0.3) is 0 Å². The average Bonchev–Trinajstić information content (AvgIpc) is 2.61. The van der Waals surface area contributed by atoms with Crippen LogP contribution in [-0.4, -0.2) is 17.6 Å². The molecule has 5 heteroatoms. The molecule has 0 saturated carbocycles. The van der Waals surface area contributed by atoms with Crippen molar-refractivity contribution >= 4 is 28.9 Å². The Kier molecular flexibility index (Phi) is 6.95. The first kappa shape index (κ1) is 18.9. The molecular weight excluding hydrogens is 332 g/mol. The van der Waals surface area contributed by atoms with Gasteiger partial charge in [-0.2, -0.15) is 0 Å². The van der Waals surface area contributed by atoms with Gasteiger partial charge >= 0.3 is 0 Å². The van der Waals surface area contributed by atoms with Gasteiger partial charge in [-0.05, 0) is 66.5 Å². The number of rotatable bonds is 6. The molecule has 132 valence electrons. The van der Waals surface area contributed by atoms with Crippen LogP contribution >= 0.6 is 12.2 Å². The molecule has 0 atom stereocenters. The van der Waals surface area contributed by atoms with Gasteiger partial charge in [0.1, 0.15) is 5.75 Å². The van der Waals surface area contributed by atoms with Crippen molar-refractivity contribution in [3.05, 3.63) is 59.7 Å². The zero-order valence-corrected chi connectivity index (χ0v) is 15.7. The summed E-state index contributed by atoms with van der Waals surface area (Å²) in [6.07, 6.45) is 0.967. The molecule has 0 bridgehead atoms. The quantitative estimate of drug-likeness (QED) is 0.735. The van der Waals surface area contributed by atoms with Gasteiger partial charge in [-0.3, -0.25) is 10.1 Å². The van der Waals surface area contributed by atoms with E-state index in [4.69, 9.17) is 17.0 Å².